The maximum Gasteiger partial charge on any atom is 0.150 e. The Morgan fingerprint density at radius 1 is 1.29 bits per heavy atom. The normalized spacial score (nSPS) is 14.6. The van der Waals surface area contributed by atoms with E-state index >= 15 is 0 Å². The highest BCUT2D eigenvalue weighted by molar-refractivity contribution is 6.35. The van der Waals surface area contributed by atoms with Crippen molar-refractivity contribution in [2.45, 2.75) is 38.3 Å². The molecule has 0 atom stereocenters. The van der Waals surface area contributed by atoms with E-state index in [0.717, 1.165) is 29.9 Å². The van der Waals surface area contributed by atoms with Gasteiger partial charge >= 0.3 is 0 Å². The van der Waals surface area contributed by atoms with Crippen molar-refractivity contribution in [1.29, 1.82) is 0 Å². The molecule has 3 rings (SSSR count). The SMILES string of the molecule is COc1ccc(CNc2ncnc(N)c2Cl)c(OC2CCCC2)c1. The highest BCUT2D eigenvalue weighted by atomic mass is 35.5. The van der Waals surface area contributed by atoms with Gasteiger partial charge in [-0.15, -0.1) is 0 Å². The third-order valence-corrected chi connectivity index (χ3v) is 4.51. The second-order valence-corrected chi connectivity index (χ2v) is 6.15. The maximum absolute atomic E-state index is 6.18. The Kier molecular flexibility index (Phi) is 5.25. The van der Waals surface area contributed by atoms with Crippen LogP contribution in [0.15, 0.2) is 24.5 Å². The molecule has 3 N–H and O–H groups in total. The molecule has 0 spiro atoms. The van der Waals surface area contributed by atoms with E-state index in [9.17, 15) is 0 Å². The van der Waals surface area contributed by atoms with E-state index in [-0.39, 0.29) is 11.9 Å². The lowest BCUT2D eigenvalue weighted by Crippen LogP contribution is -2.13. The number of halogens is 1. The molecule has 2 aromatic rings. The first-order chi connectivity index (χ1) is 11.7. The molecule has 7 heteroatoms. The van der Waals surface area contributed by atoms with E-state index in [2.05, 4.69) is 15.3 Å². The number of nitrogens with two attached hydrogens (primary N) is 1. The number of anilines is 2. The van der Waals surface area contributed by atoms with Crippen LogP contribution in [0.3, 0.4) is 0 Å². The van der Waals surface area contributed by atoms with Crippen LogP contribution in [-0.2, 0) is 6.54 Å². The van der Waals surface area contributed by atoms with Crippen molar-refractivity contribution in [1.82, 2.24) is 9.97 Å². The van der Waals surface area contributed by atoms with Gasteiger partial charge in [0.05, 0.1) is 13.2 Å². The third-order valence-electron chi connectivity index (χ3n) is 4.13. The zero-order valence-electron chi connectivity index (χ0n) is 13.6. The maximum atomic E-state index is 6.18. The van der Waals surface area contributed by atoms with Gasteiger partial charge in [-0.05, 0) is 37.8 Å². The molecular weight excluding hydrogens is 328 g/mol. The Morgan fingerprint density at radius 3 is 2.83 bits per heavy atom. The number of nitrogen functional groups attached to an aromatic ring is 1. The van der Waals surface area contributed by atoms with E-state index in [1.54, 1.807) is 7.11 Å². The first-order valence-corrected chi connectivity index (χ1v) is 8.38. The van der Waals surface area contributed by atoms with E-state index in [0.29, 0.717) is 17.4 Å². The molecule has 0 radical (unpaired) electrons. The summed E-state index contributed by atoms with van der Waals surface area (Å²) in [6.45, 7) is 0.516. The Morgan fingerprint density at radius 2 is 2.08 bits per heavy atom. The molecule has 0 unspecified atom stereocenters. The summed E-state index contributed by atoms with van der Waals surface area (Å²) in [4.78, 5) is 7.98. The van der Waals surface area contributed by atoms with Gasteiger partial charge in [0.15, 0.2) is 5.82 Å². The number of benzene rings is 1. The van der Waals surface area contributed by atoms with E-state index in [4.69, 9.17) is 26.8 Å². The highest BCUT2D eigenvalue weighted by Crippen LogP contribution is 2.31. The lowest BCUT2D eigenvalue weighted by Gasteiger charge is -2.18. The molecule has 1 fully saturated rings. The van der Waals surface area contributed by atoms with E-state index in [1.165, 1.54) is 19.2 Å². The summed E-state index contributed by atoms with van der Waals surface area (Å²) in [7, 11) is 1.65. The predicted octanol–water partition coefficient (Wildman–Crippen LogP) is 3.65. The molecule has 1 heterocycles. The van der Waals surface area contributed by atoms with Crippen molar-refractivity contribution in [3.05, 3.63) is 35.1 Å². The molecule has 1 saturated carbocycles. The largest absolute Gasteiger partial charge is 0.497 e. The standard InChI is InChI=1S/C17H21ClN4O2/c1-23-13-7-6-11(14(8-13)24-12-4-2-3-5-12)9-20-17-15(18)16(19)21-10-22-17/h6-8,10,12H,2-5,9H2,1H3,(H3,19,20,21,22). The minimum Gasteiger partial charge on any atom is -0.497 e. The zero-order valence-corrected chi connectivity index (χ0v) is 14.3. The average molecular weight is 349 g/mol. The third kappa shape index (κ3) is 3.82. The fraction of sp³-hybridized carbons (Fsp3) is 0.412. The fourth-order valence-electron chi connectivity index (χ4n) is 2.79. The van der Waals surface area contributed by atoms with Gasteiger partial charge in [-0.1, -0.05) is 11.6 Å². The van der Waals surface area contributed by atoms with Gasteiger partial charge in [-0.25, -0.2) is 9.97 Å². The van der Waals surface area contributed by atoms with Gasteiger partial charge in [-0.2, -0.15) is 0 Å². The van der Waals surface area contributed by atoms with Crippen LogP contribution >= 0.6 is 11.6 Å². The summed E-state index contributed by atoms with van der Waals surface area (Å²) in [5.41, 5.74) is 6.71. The molecule has 0 saturated heterocycles. The molecule has 1 aromatic heterocycles. The number of hydrogen-bond acceptors (Lipinski definition) is 6. The molecule has 0 aliphatic heterocycles. The average Bonchev–Trinajstić information content (AvgIpc) is 3.10. The summed E-state index contributed by atoms with van der Waals surface area (Å²) in [6.07, 6.45) is 6.29. The molecular formula is C17H21ClN4O2. The smallest absolute Gasteiger partial charge is 0.150 e. The van der Waals surface area contributed by atoms with Crippen molar-refractivity contribution < 1.29 is 9.47 Å². The lowest BCUT2D eigenvalue weighted by molar-refractivity contribution is 0.207. The first kappa shape index (κ1) is 16.6. The lowest BCUT2D eigenvalue weighted by atomic mass is 10.1. The van der Waals surface area contributed by atoms with Crippen LogP contribution in [0.25, 0.3) is 0 Å². The van der Waals surface area contributed by atoms with Crippen molar-refractivity contribution in [2.75, 3.05) is 18.2 Å². The number of aromatic nitrogens is 2. The van der Waals surface area contributed by atoms with Crippen LogP contribution in [0.4, 0.5) is 11.6 Å². The predicted molar refractivity (Wildman–Crippen MR) is 94.7 cm³/mol. The zero-order chi connectivity index (χ0) is 16.9. The molecule has 1 aliphatic rings. The van der Waals surface area contributed by atoms with Crippen LogP contribution < -0.4 is 20.5 Å². The molecule has 0 bridgehead atoms. The first-order valence-electron chi connectivity index (χ1n) is 8.01. The van der Waals surface area contributed by atoms with Crippen molar-refractivity contribution >= 4 is 23.2 Å². The Hall–Kier alpha value is -2.21. The van der Waals surface area contributed by atoms with Gasteiger partial charge in [0, 0.05) is 18.2 Å². The molecule has 6 nitrogen and oxygen atoms in total. The van der Waals surface area contributed by atoms with Crippen molar-refractivity contribution in [3.63, 3.8) is 0 Å². The minimum absolute atomic E-state index is 0.256. The fourth-order valence-corrected chi connectivity index (χ4v) is 2.95. The number of hydrogen-bond donors (Lipinski definition) is 2. The number of nitrogens with zero attached hydrogens (tertiary/aromatic N) is 2. The monoisotopic (exact) mass is 348 g/mol. The van der Waals surface area contributed by atoms with Gasteiger partial charge in [0.2, 0.25) is 0 Å². The quantitative estimate of drug-likeness (QED) is 0.829. The number of methoxy groups -OCH3 is 1. The highest BCUT2D eigenvalue weighted by Gasteiger charge is 2.18. The van der Waals surface area contributed by atoms with Gasteiger partial charge in [0.25, 0.3) is 0 Å². The number of nitrogens with one attached hydrogen (secondary N) is 1. The Labute approximate surface area is 146 Å². The summed E-state index contributed by atoms with van der Waals surface area (Å²) in [5, 5.41) is 3.51. The Bertz CT molecular complexity index is 705. The van der Waals surface area contributed by atoms with Gasteiger partial charge in [-0.3, -0.25) is 0 Å². The summed E-state index contributed by atoms with van der Waals surface area (Å²) in [6, 6.07) is 5.81. The summed E-state index contributed by atoms with van der Waals surface area (Å²) < 4.78 is 11.5. The molecule has 24 heavy (non-hydrogen) atoms. The van der Waals surface area contributed by atoms with E-state index in [1.807, 2.05) is 18.2 Å². The topological polar surface area (TPSA) is 82.3 Å². The van der Waals surface area contributed by atoms with E-state index < -0.39 is 0 Å². The minimum atomic E-state index is 0.256. The second kappa shape index (κ2) is 7.57. The second-order valence-electron chi connectivity index (χ2n) is 5.77. The molecule has 128 valence electrons. The molecule has 1 aromatic carbocycles. The van der Waals surface area contributed by atoms with Crippen LogP contribution in [0, 0.1) is 0 Å². The van der Waals surface area contributed by atoms with Gasteiger partial charge < -0.3 is 20.5 Å². The van der Waals surface area contributed by atoms with Crippen LogP contribution in [-0.4, -0.2) is 23.2 Å². The van der Waals surface area contributed by atoms with Crippen molar-refractivity contribution in [2.24, 2.45) is 0 Å². The number of rotatable bonds is 6. The van der Waals surface area contributed by atoms with Crippen LogP contribution in [0.2, 0.25) is 5.02 Å². The van der Waals surface area contributed by atoms with Crippen LogP contribution in [0.1, 0.15) is 31.2 Å². The van der Waals surface area contributed by atoms with Crippen LogP contribution in [0.5, 0.6) is 11.5 Å². The Balaban J connectivity index is 1.77. The summed E-state index contributed by atoms with van der Waals surface area (Å²) >= 11 is 6.12. The van der Waals surface area contributed by atoms with Gasteiger partial charge in [0.1, 0.15) is 28.7 Å². The number of ether oxygens (including phenoxy) is 2. The molecule has 0 amide bonds. The van der Waals surface area contributed by atoms with Crippen molar-refractivity contribution in [3.8, 4) is 11.5 Å². The summed E-state index contributed by atoms with van der Waals surface area (Å²) in [5.74, 6) is 2.36. The molecule has 1 aliphatic carbocycles.